The minimum atomic E-state index is -0.655. The first-order valence-corrected chi connectivity index (χ1v) is 8.61. The largest absolute Gasteiger partial charge is 0.497 e. The maximum absolute atomic E-state index is 12.3. The molecule has 3 amide bonds. The van der Waals surface area contributed by atoms with E-state index >= 15 is 0 Å². The molecule has 1 fully saturated rings. The number of amides is 3. The van der Waals surface area contributed by atoms with Crippen LogP contribution in [0.3, 0.4) is 0 Å². The van der Waals surface area contributed by atoms with Crippen molar-refractivity contribution in [3.63, 3.8) is 0 Å². The van der Waals surface area contributed by atoms with Crippen LogP contribution in [0.5, 0.6) is 5.75 Å². The Balaban J connectivity index is 1.85. The summed E-state index contributed by atoms with van der Waals surface area (Å²) in [6, 6.07) is 6.97. The van der Waals surface area contributed by atoms with E-state index in [0.29, 0.717) is 32.8 Å². The van der Waals surface area contributed by atoms with Gasteiger partial charge in [-0.3, -0.25) is 9.59 Å². The Labute approximate surface area is 153 Å². The Hall–Kier alpha value is -2.77. The molecular weight excluding hydrogens is 338 g/mol. The predicted octanol–water partition coefficient (Wildman–Crippen LogP) is 1.17. The summed E-state index contributed by atoms with van der Waals surface area (Å²) in [5.74, 6) is -0.519. The van der Waals surface area contributed by atoms with E-state index in [1.807, 2.05) is 19.1 Å². The predicted molar refractivity (Wildman–Crippen MR) is 94.7 cm³/mol. The molecule has 1 unspecified atom stereocenters. The molecule has 0 radical (unpaired) electrons. The molecular formula is C18H25N3O5. The second-order valence-electron chi connectivity index (χ2n) is 5.95. The fourth-order valence-corrected chi connectivity index (χ4v) is 2.68. The van der Waals surface area contributed by atoms with Gasteiger partial charge in [0.1, 0.15) is 5.75 Å². The standard InChI is InChI=1S/C18H25N3O5/c1-4-26-18(24)21-11-9-20(10-12-21)17(23)16(22)19-13(2)14-5-7-15(25-3)8-6-14/h5-8,13H,4,9-12H2,1-3H3,(H,19,22). The van der Waals surface area contributed by atoms with Crippen LogP contribution in [0.2, 0.25) is 0 Å². The number of nitrogens with zero attached hydrogens (tertiary/aromatic N) is 2. The number of carbonyl (C=O) groups is 3. The molecule has 142 valence electrons. The van der Waals surface area contributed by atoms with Crippen molar-refractivity contribution in [1.29, 1.82) is 0 Å². The molecule has 2 rings (SSSR count). The highest BCUT2D eigenvalue weighted by Crippen LogP contribution is 2.17. The number of benzene rings is 1. The van der Waals surface area contributed by atoms with Crippen LogP contribution in [0, 0.1) is 0 Å². The van der Waals surface area contributed by atoms with Crippen molar-refractivity contribution in [2.24, 2.45) is 0 Å². The third-order valence-electron chi connectivity index (χ3n) is 4.25. The van der Waals surface area contributed by atoms with Gasteiger partial charge in [0.2, 0.25) is 0 Å². The third-order valence-corrected chi connectivity index (χ3v) is 4.25. The molecule has 8 heteroatoms. The van der Waals surface area contributed by atoms with Crippen molar-refractivity contribution in [1.82, 2.24) is 15.1 Å². The van der Waals surface area contributed by atoms with Crippen LogP contribution in [0.25, 0.3) is 0 Å². The number of carbonyl (C=O) groups excluding carboxylic acids is 3. The van der Waals surface area contributed by atoms with Crippen LogP contribution in [0.4, 0.5) is 4.79 Å². The zero-order valence-electron chi connectivity index (χ0n) is 15.4. The SMILES string of the molecule is CCOC(=O)N1CCN(C(=O)C(=O)NC(C)c2ccc(OC)cc2)CC1. The highest BCUT2D eigenvalue weighted by atomic mass is 16.6. The monoisotopic (exact) mass is 363 g/mol. The van der Waals surface area contributed by atoms with Crippen LogP contribution in [0.15, 0.2) is 24.3 Å². The average molecular weight is 363 g/mol. The quantitative estimate of drug-likeness (QED) is 0.812. The second-order valence-corrected chi connectivity index (χ2v) is 5.95. The van der Waals surface area contributed by atoms with Gasteiger partial charge in [-0.2, -0.15) is 0 Å². The summed E-state index contributed by atoms with van der Waals surface area (Å²) in [5.41, 5.74) is 0.874. The van der Waals surface area contributed by atoms with Gasteiger partial charge < -0.3 is 24.6 Å². The highest BCUT2D eigenvalue weighted by Gasteiger charge is 2.29. The molecule has 1 aromatic rings. The van der Waals surface area contributed by atoms with Crippen LogP contribution in [-0.4, -0.2) is 67.6 Å². The molecule has 0 aliphatic carbocycles. The Morgan fingerprint density at radius 2 is 1.65 bits per heavy atom. The molecule has 0 saturated carbocycles. The number of hydrogen-bond donors (Lipinski definition) is 1. The average Bonchev–Trinajstić information content (AvgIpc) is 2.67. The van der Waals surface area contributed by atoms with E-state index in [9.17, 15) is 14.4 Å². The normalized spacial score (nSPS) is 15.2. The molecule has 1 atom stereocenters. The number of nitrogens with one attached hydrogen (secondary N) is 1. The van der Waals surface area contributed by atoms with E-state index in [-0.39, 0.29) is 6.04 Å². The Morgan fingerprint density at radius 3 is 2.19 bits per heavy atom. The summed E-state index contributed by atoms with van der Waals surface area (Å²) in [5, 5.41) is 2.71. The number of ether oxygens (including phenoxy) is 2. The summed E-state index contributed by atoms with van der Waals surface area (Å²) in [7, 11) is 1.58. The van der Waals surface area contributed by atoms with Crippen molar-refractivity contribution in [3.8, 4) is 5.75 Å². The second kappa shape index (κ2) is 9.07. The van der Waals surface area contributed by atoms with Gasteiger partial charge in [-0.05, 0) is 31.5 Å². The minimum Gasteiger partial charge on any atom is -0.497 e. The van der Waals surface area contributed by atoms with Gasteiger partial charge in [0.15, 0.2) is 0 Å². The Kier molecular flexibility index (Phi) is 6.82. The van der Waals surface area contributed by atoms with Crippen molar-refractivity contribution in [3.05, 3.63) is 29.8 Å². The number of piperazine rings is 1. The topological polar surface area (TPSA) is 88.2 Å². The molecule has 1 N–H and O–H groups in total. The summed E-state index contributed by atoms with van der Waals surface area (Å²) in [6.45, 7) is 5.18. The van der Waals surface area contributed by atoms with Crippen molar-refractivity contribution >= 4 is 17.9 Å². The zero-order valence-corrected chi connectivity index (χ0v) is 15.4. The van der Waals surface area contributed by atoms with Gasteiger partial charge >= 0.3 is 17.9 Å². The van der Waals surface area contributed by atoms with Crippen molar-refractivity contribution < 1.29 is 23.9 Å². The molecule has 1 aliphatic heterocycles. The molecule has 8 nitrogen and oxygen atoms in total. The van der Waals surface area contributed by atoms with E-state index < -0.39 is 17.9 Å². The van der Waals surface area contributed by atoms with Crippen LogP contribution >= 0.6 is 0 Å². The van der Waals surface area contributed by atoms with Gasteiger partial charge in [-0.1, -0.05) is 12.1 Å². The van der Waals surface area contributed by atoms with Gasteiger partial charge in [0.05, 0.1) is 19.8 Å². The van der Waals surface area contributed by atoms with Crippen molar-refractivity contribution in [2.75, 3.05) is 39.9 Å². The summed E-state index contributed by atoms with van der Waals surface area (Å²) < 4.78 is 10.0. The fraction of sp³-hybridized carbons (Fsp3) is 0.500. The Bertz CT molecular complexity index is 639. The first-order valence-electron chi connectivity index (χ1n) is 8.61. The smallest absolute Gasteiger partial charge is 0.409 e. The van der Waals surface area contributed by atoms with E-state index in [1.165, 1.54) is 9.80 Å². The molecule has 26 heavy (non-hydrogen) atoms. The van der Waals surface area contributed by atoms with E-state index in [2.05, 4.69) is 5.32 Å². The van der Waals surface area contributed by atoms with Crippen molar-refractivity contribution in [2.45, 2.75) is 19.9 Å². The molecule has 1 saturated heterocycles. The summed E-state index contributed by atoms with van der Waals surface area (Å²) >= 11 is 0. The van der Waals surface area contributed by atoms with Crippen LogP contribution in [0.1, 0.15) is 25.5 Å². The third kappa shape index (κ3) is 4.87. The maximum Gasteiger partial charge on any atom is 0.409 e. The van der Waals surface area contributed by atoms with E-state index in [4.69, 9.17) is 9.47 Å². The van der Waals surface area contributed by atoms with Gasteiger partial charge in [-0.15, -0.1) is 0 Å². The number of rotatable bonds is 4. The lowest BCUT2D eigenvalue weighted by Crippen LogP contribution is -2.54. The summed E-state index contributed by atoms with van der Waals surface area (Å²) in [6.07, 6.45) is -0.392. The molecule has 1 aliphatic rings. The Morgan fingerprint density at radius 1 is 1.08 bits per heavy atom. The fourth-order valence-electron chi connectivity index (χ4n) is 2.68. The first-order chi connectivity index (χ1) is 12.5. The maximum atomic E-state index is 12.3. The van der Waals surface area contributed by atoms with Gasteiger partial charge in [0, 0.05) is 26.2 Å². The number of methoxy groups -OCH3 is 1. The molecule has 1 heterocycles. The number of hydrogen-bond acceptors (Lipinski definition) is 5. The first kappa shape index (κ1) is 19.6. The lowest BCUT2D eigenvalue weighted by atomic mass is 10.1. The molecule has 1 aromatic carbocycles. The molecule has 0 bridgehead atoms. The lowest BCUT2D eigenvalue weighted by Gasteiger charge is -2.33. The molecule has 0 aromatic heterocycles. The molecule has 0 spiro atoms. The minimum absolute atomic E-state index is 0.307. The van der Waals surface area contributed by atoms with E-state index in [0.717, 1.165) is 11.3 Å². The van der Waals surface area contributed by atoms with E-state index in [1.54, 1.807) is 26.2 Å². The summed E-state index contributed by atoms with van der Waals surface area (Å²) in [4.78, 5) is 39.2. The highest BCUT2D eigenvalue weighted by molar-refractivity contribution is 6.35. The van der Waals surface area contributed by atoms with Gasteiger partial charge in [0.25, 0.3) is 0 Å². The van der Waals surface area contributed by atoms with Crippen LogP contribution < -0.4 is 10.1 Å². The lowest BCUT2D eigenvalue weighted by molar-refractivity contribution is -0.147. The van der Waals surface area contributed by atoms with Crippen LogP contribution in [-0.2, 0) is 14.3 Å². The zero-order chi connectivity index (χ0) is 19.1. The van der Waals surface area contributed by atoms with Gasteiger partial charge in [-0.25, -0.2) is 4.79 Å².